The summed E-state index contributed by atoms with van der Waals surface area (Å²) >= 11 is 0. The molecule has 29 heavy (non-hydrogen) atoms. The van der Waals surface area contributed by atoms with Gasteiger partial charge in [0.25, 0.3) is 5.91 Å². The van der Waals surface area contributed by atoms with Crippen molar-refractivity contribution in [2.75, 3.05) is 19.5 Å². The molecule has 6 heteroatoms. The molecule has 6 nitrogen and oxygen atoms in total. The van der Waals surface area contributed by atoms with Crippen LogP contribution in [-0.2, 0) is 4.79 Å². The fourth-order valence-electron chi connectivity index (χ4n) is 3.36. The zero-order valence-corrected chi connectivity index (χ0v) is 16.7. The molecule has 1 aliphatic carbocycles. The Morgan fingerprint density at radius 1 is 0.966 bits per heavy atom. The molecule has 0 atom stereocenters. The van der Waals surface area contributed by atoms with Crippen LogP contribution in [0.5, 0.6) is 11.5 Å². The molecule has 2 N–H and O–H groups in total. The predicted molar refractivity (Wildman–Crippen MR) is 113 cm³/mol. The number of carbonyl (C=O) groups excluding carboxylic acids is 2. The lowest BCUT2D eigenvalue weighted by atomic mass is 10.1. The number of methoxy groups -OCH3 is 2. The van der Waals surface area contributed by atoms with Gasteiger partial charge in [0, 0.05) is 23.4 Å². The molecule has 2 aromatic carbocycles. The van der Waals surface area contributed by atoms with Crippen LogP contribution < -0.4 is 20.1 Å². The van der Waals surface area contributed by atoms with Gasteiger partial charge in [-0.15, -0.1) is 0 Å². The first-order chi connectivity index (χ1) is 14.1. The summed E-state index contributed by atoms with van der Waals surface area (Å²) in [5, 5.41) is 5.84. The highest BCUT2D eigenvalue weighted by Gasteiger charge is 2.17. The van der Waals surface area contributed by atoms with Gasteiger partial charge in [-0.05, 0) is 60.9 Å². The van der Waals surface area contributed by atoms with Crippen molar-refractivity contribution in [1.82, 2.24) is 5.32 Å². The second kappa shape index (κ2) is 9.78. The first-order valence-corrected chi connectivity index (χ1v) is 9.71. The number of ether oxygens (including phenoxy) is 2. The average Bonchev–Trinajstić information content (AvgIpc) is 3.25. The van der Waals surface area contributed by atoms with E-state index in [1.54, 1.807) is 56.7 Å². The van der Waals surface area contributed by atoms with Crippen LogP contribution in [0.2, 0.25) is 0 Å². The maximum Gasteiger partial charge on any atom is 0.251 e. The molecule has 0 bridgehead atoms. The van der Waals surface area contributed by atoms with Gasteiger partial charge in [-0.3, -0.25) is 9.59 Å². The number of anilines is 1. The summed E-state index contributed by atoms with van der Waals surface area (Å²) < 4.78 is 10.5. The summed E-state index contributed by atoms with van der Waals surface area (Å²) in [4.78, 5) is 24.4. The molecular formula is C23H26N2O4. The molecule has 0 spiro atoms. The topological polar surface area (TPSA) is 76.7 Å². The highest BCUT2D eigenvalue weighted by molar-refractivity contribution is 6.02. The van der Waals surface area contributed by atoms with Crippen LogP contribution in [-0.4, -0.2) is 32.1 Å². The molecule has 0 saturated heterocycles. The van der Waals surface area contributed by atoms with Crippen LogP contribution in [0.3, 0.4) is 0 Å². The van der Waals surface area contributed by atoms with Gasteiger partial charge in [-0.1, -0.05) is 18.9 Å². The van der Waals surface area contributed by atoms with E-state index in [9.17, 15) is 9.59 Å². The number of carbonyl (C=O) groups is 2. The molecular weight excluding hydrogens is 368 g/mol. The number of rotatable bonds is 7. The van der Waals surface area contributed by atoms with Gasteiger partial charge < -0.3 is 20.1 Å². The smallest absolute Gasteiger partial charge is 0.251 e. The number of nitrogens with one attached hydrogen (secondary N) is 2. The second-order valence-corrected chi connectivity index (χ2v) is 6.97. The molecule has 0 heterocycles. The van der Waals surface area contributed by atoms with Gasteiger partial charge in [0.2, 0.25) is 5.91 Å². The molecule has 0 radical (unpaired) electrons. The van der Waals surface area contributed by atoms with Gasteiger partial charge >= 0.3 is 0 Å². The molecule has 0 aliphatic heterocycles. The van der Waals surface area contributed by atoms with Gasteiger partial charge in [0.05, 0.1) is 14.2 Å². The van der Waals surface area contributed by atoms with E-state index in [0.29, 0.717) is 22.7 Å². The fraction of sp³-hybridized carbons (Fsp3) is 0.304. The Kier molecular flexibility index (Phi) is 6.89. The van der Waals surface area contributed by atoms with Crippen molar-refractivity contribution in [3.05, 3.63) is 59.7 Å². The predicted octanol–water partition coefficient (Wildman–Crippen LogP) is 4.03. The summed E-state index contributed by atoms with van der Waals surface area (Å²) in [6.07, 6.45) is 7.58. The van der Waals surface area contributed by atoms with Crippen molar-refractivity contribution in [2.45, 2.75) is 31.7 Å². The lowest BCUT2D eigenvalue weighted by Crippen LogP contribution is -2.32. The van der Waals surface area contributed by atoms with E-state index >= 15 is 0 Å². The molecule has 1 fully saturated rings. The molecule has 0 unspecified atom stereocenters. The van der Waals surface area contributed by atoms with Crippen LogP contribution in [0, 0.1) is 0 Å². The van der Waals surface area contributed by atoms with E-state index in [2.05, 4.69) is 10.6 Å². The van der Waals surface area contributed by atoms with Crippen molar-refractivity contribution < 1.29 is 19.1 Å². The van der Waals surface area contributed by atoms with Crippen LogP contribution >= 0.6 is 0 Å². The van der Waals surface area contributed by atoms with E-state index in [-0.39, 0.29) is 17.9 Å². The van der Waals surface area contributed by atoms with Gasteiger partial charge in [-0.2, -0.15) is 0 Å². The third-order valence-corrected chi connectivity index (χ3v) is 4.94. The van der Waals surface area contributed by atoms with Crippen LogP contribution in [0.25, 0.3) is 6.08 Å². The third kappa shape index (κ3) is 5.60. The molecule has 2 amide bonds. The molecule has 152 valence electrons. The Morgan fingerprint density at radius 2 is 1.66 bits per heavy atom. The van der Waals surface area contributed by atoms with E-state index < -0.39 is 0 Å². The first kappa shape index (κ1) is 20.5. The highest BCUT2D eigenvalue weighted by Crippen LogP contribution is 2.28. The van der Waals surface area contributed by atoms with Gasteiger partial charge in [0.1, 0.15) is 0 Å². The maximum atomic E-state index is 12.3. The molecule has 2 aromatic rings. The average molecular weight is 394 g/mol. The monoisotopic (exact) mass is 394 g/mol. The zero-order chi connectivity index (χ0) is 20.6. The van der Waals surface area contributed by atoms with Crippen LogP contribution in [0.4, 0.5) is 5.69 Å². The van der Waals surface area contributed by atoms with E-state index in [4.69, 9.17) is 9.47 Å². The van der Waals surface area contributed by atoms with E-state index in [0.717, 1.165) is 18.4 Å². The molecule has 1 saturated carbocycles. The van der Waals surface area contributed by atoms with Crippen molar-refractivity contribution in [3.8, 4) is 11.5 Å². The minimum Gasteiger partial charge on any atom is -0.493 e. The van der Waals surface area contributed by atoms with Gasteiger partial charge in [0.15, 0.2) is 11.5 Å². The number of amides is 2. The summed E-state index contributed by atoms with van der Waals surface area (Å²) in [6.45, 7) is 0. The summed E-state index contributed by atoms with van der Waals surface area (Å²) in [6, 6.07) is 12.6. The zero-order valence-electron chi connectivity index (χ0n) is 16.7. The lowest BCUT2D eigenvalue weighted by Gasteiger charge is -2.12. The maximum absolute atomic E-state index is 12.3. The normalized spacial score (nSPS) is 14.0. The Hall–Kier alpha value is -3.28. The number of benzene rings is 2. The Bertz CT molecular complexity index is 884. The van der Waals surface area contributed by atoms with Crippen LogP contribution in [0.1, 0.15) is 41.6 Å². The molecule has 0 aromatic heterocycles. The summed E-state index contributed by atoms with van der Waals surface area (Å²) in [5.41, 5.74) is 2.04. The Morgan fingerprint density at radius 3 is 2.31 bits per heavy atom. The number of hydrogen-bond acceptors (Lipinski definition) is 4. The molecule has 3 rings (SSSR count). The van der Waals surface area contributed by atoms with Crippen molar-refractivity contribution in [3.63, 3.8) is 0 Å². The SMILES string of the molecule is COc1ccc(/C=C/C(=O)Nc2ccc(C(=O)NC3CCCC3)cc2)cc1OC. The minimum absolute atomic E-state index is 0.0666. The van der Waals surface area contributed by atoms with Crippen molar-refractivity contribution >= 4 is 23.6 Å². The third-order valence-electron chi connectivity index (χ3n) is 4.94. The van der Waals surface area contributed by atoms with Gasteiger partial charge in [-0.25, -0.2) is 0 Å². The fourth-order valence-corrected chi connectivity index (χ4v) is 3.36. The Labute approximate surface area is 170 Å². The Balaban J connectivity index is 1.56. The number of hydrogen-bond donors (Lipinski definition) is 2. The molecule has 1 aliphatic rings. The first-order valence-electron chi connectivity index (χ1n) is 9.71. The largest absolute Gasteiger partial charge is 0.493 e. The second-order valence-electron chi connectivity index (χ2n) is 6.97. The highest BCUT2D eigenvalue weighted by atomic mass is 16.5. The van der Waals surface area contributed by atoms with Crippen molar-refractivity contribution in [2.24, 2.45) is 0 Å². The van der Waals surface area contributed by atoms with Crippen LogP contribution in [0.15, 0.2) is 48.5 Å². The minimum atomic E-state index is -0.261. The quantitative estimate of drug-likeness (QED) is 0.695. The summed E-state index contributed by atoms with van der Waals surface area (Å²) in [7, 11) is 3.14. The summed E-state index contributed by atoms with van der Waals surface area (Å²) in [5.74, 6) is 0.902. The standard InChI is InChI=1S/C23H26N2O4/c1-28-20-13-7-16(15-21(20)29-2)8-14-22(26)24-19-11-9-17(10-12-19)23(27)25-18-5-3-4-6-18/h7-15,18H,3-6H2,1-2H3,(H,24,26)(H,25,27)/b14-8+. The van der Waals surface area contributed by atoms with E-state index in [1.165, 1.54) is 18.9 Å². The van der Waals surface area contributed by atoms with Crippen molar-refractivity contribution in [1.29, 1.82) is 0 Å². The lowest BCUT2D eigenvalue weighted by molar-refractivity contribution is -0.111. The van der Waals surface area contributed by atoms with E-state index in [1.807, 2.05) is 6.07 Å².